The summed E-state index contributed by atoms with van der Waals surface area (Å²) in [5.74, 6) is -0.533. The summed E-state index contributed by atoms with van der Waals surface area (Å²) >= 11 is 5.84. The Bertz CT molecular complexity index is 1020. The van der Waals surface area contributed by atoms with Gasteiger partial charge in [0.15, 0.2) is 5.69 Å². The van der Waals surface area contributed by atoms with Gasteiger partial charge in [0.05, 0.1) is 11.0 Å². The zero-order valence-electron chi connectivity index (χ0n) is 14.3. The lowest BCUT2D eigenvalue weighted by atomic mass is 10.1. The lowest BCUT2D eigenvalue weighted by Gasteiger charge is -2.12. The third-order valence-corrected chi connectivity index (χ3v) is 4.45. The molecule has 0 bridgehead atoms. The van der Waals surface area contributed by atoms with Crippen molar-refractivity contribution in [3.8, 4) is 0 Å². The van der Waals surface area contributed by atoms with Crippen molar-refractivity contribution in [3.05, 3.63) is 68.6 Å². The Kier molecular flexibility index (Phi) is 4.59. The molecule has 2 aromatic carbocycles. The van der Waals surface area contributed by atoms with E-state index in [1.165, 1.54) is 0 Å². The quantitative estimate of drug-likeness (QED) is 0.774. The molecule has 0 saturated heterocycles. The van der Waals surface area contributed by atoms with Crippen LogP contribution in [-0.4, -0.2) is 15.5 Å². The highest BCUT2D eigenvalue weighted by Crippen LogP contribution is 2.18. The number of halogens is 1. The molecule has 1 amide bonds. The van der Waals surface area contributed by atoms with Crippen LogP contribution in [0.5, 0.6) is 0 Å². The van der Waals surface area contributed by atoms with E-state index in [4.69, 9.17) is 11.6 Å². The number of aromatic nitrogens is 2. The summed E-state index contributed by atoms with van der Waals surface area (Å²) in [4.78, 5) is 29.6. The largest absolute Gasteiger partial charge is 0.320 e. The summed E-state index contributed by atoms with van der Waals surface area (Å²) in [6, 6.07) is 10.5. The van der Waals surface area contributed by atoms with Gasteiger partial charge in [0.1, 0.15) is 0 Å². The smallest absolute Gasteiger partial charge is 0.282 e. The van der Waals surface area contributed by atoms with Gasteiger partial charge in [-0.15, -0.1) is 0 Å². The summed E-state index contributed by atoms with van der Waals surface area (Å²) in [5, 5.41) is 3.27. The number of carbonyl (C=O) groups excluding carboxylic acids is 1. The van der Waals surface area contributed by atoms with Crippen LogP contribution < -0.4 is 10.9 Å². The number of benzene rings is 2. The predicted octanol–water partition coefficient (Wildman–Crippen LogP) is 3.94. The SMILES string of the molecule is CCn1c(=O)c(C(=O)Nc2ccc(Cl)cc2)nc2cc(C)c(C)cc21. The number of rotatable bonds is 3. The second kappa shape index (κ2) is 6.69. The second-order valence-electron chi connectivity index (χ2n) is 5.90. The van der Waals surface area contributed by atoms with E-state index in [1.807, 2.05) is 32.9 Å². The molecule has 3 aromatic rings. The van der Waals surface area contributed by atoms with Gasteiger partial charge >= 0.3 is 0 Å². The Hall–Kier alpha value is -2.66. The molecule has 0 unspecified atom stereocenters. The van der Waals surface area contributed by atoms with E-state index in [9.17, 15) is 9.59 Å². The number of amides is 1. The molecule has 0 radical (unpaired) electrons. The van der Waals surface area contributed by atoms with E-state index >= 15 is 0 Å². The fourth-order valence-corrected chi connectivity index (χ4v) is 2.81. The molecule has 0 atom stereocenters. The molecular weight excluding hydrogens is 338 g/mol. The molecule has 25 heavy (non-hydrogen) atoms. The molecule has 1 heterocycles. The average Bonchev–Trinajstić information content (AvgIpc) is 2.58. The van der Waals surface area contributed by atoms with Crippen LogP contribution in [0.25, 0.3) is 11.0 Å². The van der Waals surface area contributed by atoms with Crippen molar-refractivity contribution in [1.82, 2.24) is 9.55 Å². The molecular formula is C19H18ClN3O2. The van der Waals surface area contributed by atoms with E-state index < -0.39 is 11.5 Å². The summed E-state index contributed by atoms with van der Waals surface area (Å²) in [5.41, 5.74) is 3.54. The molecule has 3 rings (SSSR count). The lowest BCUT2D eigenvalue weighted by molar-refractivity contribution is 0.102. The number of fused-ring (bicyclic) bond motifs is 1. The topological polar surface area (TPSA) is 64.0 Å². The number of hydrogen-bond donors (Lipinski definition) is 1. The van der Waals surface area contributed by atoms with Crippen LogP contribution in [0.3, 0.4) is 0 Å². The van der Waals surface area contributed by atoms with Crippen LogP contribution in [0.15, 0.2) is 41.2 Å². The number of anilines is 1. The molecule has 1 N–H and O–H groups in total. The third kappa shape index (κ3) is 3.28. The normalized spacial score (nSPS) is 10.9. The first-order chi connectivity index (χ1) is 11.9. The molecule has 5 nitrogen and oxygen atoms in total. The fourth-order valence-electron chi connectivity index (χ4n) is 2.68. The first kappa shape index (κ1) is 17.2. The highest BCUT2D eigenvalue weighted by atomic mass is 35.5. The van der Waals surface area contributed by atoms with Crippen molar-refractivity contribution in [1.29, 1.82) is 0 Å². The lowest BCUT2D eigenvalue weighted by Crippen LogP contribution is -2.31. The van der Waals surface area contributed by atoms with Crippen LogP contribution in [-0.2, 0) is 6.54 Å². The van der Waals surface area contributed by atoms with Gasteiger partial charge in [-0.05, 0) is 68.3 Å². The first-order valence-electron chi connectivity index (χ1n) is 7.99. The molecule has 0 aliphatic carbocycles. The van der Waals surface area contributed by atoms with Crippen LogP contribution in [0, 0.1) is 13.8 Å². The van der Waals surface area contributed by atoms with Gasteiger partial charge in [-0.2, -0.15) is 0 Å². The standard InChI is InChI=1S/C19H18ClN3O2/c1-4-23-16-10-12(3)11(2)9-15(16)22-17(19(23)25)18(24)21-14-7-5-13(20)6-8-14/h5-10H,4H2,1-3H3,(H,21,24). The first-order valence-corrected chi connectivity index (χ1v) is 8.37. The van der Waals surface area contributed by atoms with E-state index in [0.29, 0.717) is 22.8 Å². The number of nitrogens with one attached hydrogen (secondary N) is 1. The average molecular weight is 356 g/mol. The zero-order valence-corrected chi connectivity index (χ0v) is 15.0. The number of hydrogen-bond acceptors (Lipinski definition) is 3. The van der Waals surface area contributed by atoms with Crippen LogP contribution in [0.2, 0.25) is 5.02 Å². The van der Waals surface area contributed by atoms with Gasteiger partial charge in [0, 0.05) is 17.3 Å². The third-order valence-electron chi connectivity index (χ3n) is 4.20. The highest BCUT2D eigenvalue weighted by Gasteiger charge is 2.18. The summed E-state index contributed by atoms with van der Waals surface area (Å²) in [6.45, 7) is 6.30. The van der Waals surface area contributed by atoms with Gasteiger partial charge < -0.3 is 9.88 Å². The monoisotopic (exact) mass is 355 g/mol. The minimum absolute atomic E-state index is 0.118. The number of nitrogens with zero attached hydrogens (tertiary/aromatic N) is 2. The Balaban J connectivity index is 2.10. The van der Waals surface area contributed by atoms with Crippen LogP contribution >= 0.6 is 11.6 Å². The van der Waals surface area contributed by atoms with Gasteiger partial charge in [0.25, 0.3) is 11.5 Å². The van der Waals surface area contributed by atoms with Crippen molar-refractivity contribution in [2.45, 2.75) is 27.3 Å². The molecule has 6 heteroatoms. The van der Waals surface area contributed by atoms with Crippen molar-refractivity contribution in [2.75, 3.05) is 5.32 Å². The van der Waals surface area contributed by atoms with Crippen LogP contribution in [0.4, 0.5) is 5.69 Å². The van der Waals surface area contributed by atoms with Crippen molar-refractivity contribution in [3.63, 3.8) is 0 Å². The maximum atomic E-state index is 12.7. The van der Waals surface area contributed by atoms with Crippen LogP contribution in [0.1, 0.15) is 28.5 Å². The van der Waals surface area contributed by atoms with E-state index in [0.717, 1.165) is 16.6 Å². The Labute approximate surface area is 150 Å². The molecule has 0 aliphatic rings. The maximum Gasteiger partial charge on any atom is 0.282 e. The summed E-state index contributed by atoms with van der Waals surface area (Å²) in [6.07, 6.45) is 0. The van der Waals surface area contributed by atoms with Gasteiger partial charge in [-0.3, -0.25) is 9.59 Å². The van der Waals surface area contributed by atoms with Gasteiger partial charge in [0.2, 0.25) is 0 Å². The van der Waals surface area contributed by atoms with Gasteiger partial charge in [-0.25, -0.2) is 4.98 Å². The van der Waals surface area contributed by atoms with E-state index in [-0.39, 0.29) is 5.69 Å². The highest BCUT2D eigenvalue weighted by molar-refractivity contribution is 6.30. The molecule has 128 valence electrons. The summed E-state index contributed by atoms with van der Waals surface area (Å²) < 4.78 is 1.57. The summed E-state index contributed by atoms with van der Waals surface area (Å²) in [7, 11) is 0. The van der Waals surface area contributed by atoms with Gasteiger partial charge in [-0.1, -0.05) is 11.6 Å². The molecule has 0 fully saturated rings. The Morgan fingerprint density at radius 3 is 2.44 bits per heavy atom. The minimum atomic E-state index is -0.533. The van der Waals surface area contributed by atoms with E-state index in [2.05, 4.69) is 10.3 Å². The maximum absolute atomic E-state index is 12.7. The number of carbonyl (C=O) groups is 1. The fraction of sp³-hybridized carbons (Fsp3) is 0.211. The van der Waals surface area contributed by atoms with Crippen molar-refractivity contribution >= 4 is 34.2 Å². The molecule has 0 aliphatic heterocycles. The molecule has 1 aromatic heterocycles. The second-order valence-corrected chi connectivity index (χ2v) is 6.33. The minimum Gasteiger partial charge on any atom is -0.320 e. The van der Waals surface area contributed by atoms with E-state index in [1.54, 1.807) is 28.8 Å². The molecule has 0 saturated carbocycles. The zero-order chi connectivity index (χ0) is 18.1. The molecule has 0 spiro atoms. The predicted molar refractivity (Wildman–Crippen MR) is 101 cm³/mol. The van der Waals surface area contributed by atoms with Crippen molar-refractivity contribution in [2.24, 2.45) is 0 Å². The van der Waals surface area contributed by atoms with Crippen molar-refractivity contribution < 1.29 is 4.79 Å². The number of aryl methyl sites for hydroxylation is 3. The Morgan fingerprint density at radius 2 is 1.80 bits per heavy atom. The Morgan fingerprint density at radius 1 is 1.16 bits per heavy atom.